The van der Waals surface area contributed by atoms with Gasteiger partial charge in [0.05, 0.1) is 8.66 Å². The molecule has 0 aliphatic rings. The topological polar surface area (TPSA) is 4.36 Å². The molecule has 0 fully saturated rings. The number of thiophene rings is 1. The first-order valence-corrected chi connectivity index (χ1v) is 4.91. The molecule has 0 radical (unpaired) electrons. The highest BCUT2D eigenvalue weighted by Crippen LogP contribution is 2.31. The van der Waals surface area contributed by atoms with Gasteiger partial charge in [-0.3, -0.25) is 0 Å². The van der Waals surface area contributed by atoms with Crippen LogP contribution in [-0.2, 0) is 6.54 Å². The Hall–Kier alpha value is 0.150. The maximum Gasteiger partial charge on any atom is 0.249 e. The Labute approximate surface area is 80.1 Å². The predicted octanol–water partition coefficient (Wildman–Crippen LogP) is 3.69. The van der Waals surface area contributed by atoms with Crippen molar-refractivity contribution in [2.45, 2.75) is 6.54 Å². The SMILES string of the molecule is [C-]#[N+]Cc1sc(Br)cc1Br. The van der Waals surface area contributed by atoms with Crippen molar-refractivity contribution in [1.29, 1.82) is 0 Å². The summed E-state index contributed by atoms with van der Waals surface area (Å²) in [7, 11) is 0. The Morgan fingerprint density at radius 3 is 2.70 bits per heavy atom. The fourth-order valence-corrected chi connectivity index (χ4v) is 3.12. The Morgan fingerprint density at radius 1 is 1.60 bits per heavy atom. The summed E-state index contributed by atoms with van der Waals surface area (Å²) in [6, 6.07) is 1.96. The van der Waals surface area contributed by atoms with E-state index in [0.29, 0.717) is 6.54 Å². The van der Waals surface area contributed by atoms with E-state index >= 15 is 0 Å². The minimum absolute atomic E-state index is 0.469. The summed E-state index contributed by atoms with van der Waals surface area (Å²) in [6.07, 6.45) is 0. The molecule has 0 spiro atoms. The lowest BCUT2D eigenvalue weighted by Crippen LogP contribution is -1.68. The minimum atomic E-state index is 0.469. The molecule has 4 heteroatoms. The minimum Gasteiger partial charge on any atom is -0.311 e. The van der Waals surface area contributed by atoms with Crippen LogP contribution >= 0.6 is 43.2 Å². The molecule has 0 unspecified atom stereocenters. The fraction of sp³-hybridized carbons (Fsp3) is 0.167. The van der Waals surface area contributed by atoms with E-state index in [9.17, 15) is 0 Å². The zero-order valence-corrected chi connectivity index (χ0v) is 8.88. The van der Waals surface area contributed by atoms with Crippen LogP contribution < -0.4 is 0 Å². The second-order valence-corrected chi connectivity index (χ2v) is 5.01. The van der Waals surface area contributed by atoms with Crippen molar-refractivity contribution in [2.24, 2.45) is 0 Å². The third kappa shape index (κ3) is 1.82. The van der Waals surface area contributed by atoms with E-state index in [1.807, 2.05) is 6.07 Å². The monoisotopic (exact) mass is 279 g/mol. The third-order valence-electron chi connectivity index (χ3n) is 0.950. The summed E-state index contributed by atoms with van der Waals surface area (Å²) in [6.45, 7) is 7.11. The lowest BCUT2D eigenvalue weighted by Gasteiger charge is -1.81. The molecule has 0 bridgehead atoms. The molecule has 0 saturated heterocycles. The summed E-state index contributed by atoms with van der Waals surface area (Å²) in [5.74, 6) is 0. The first-order valence-electron chi connectivity index (χ1n) is 2.51. The van der Waals surface area contributed by atoms with Gasteiger partial charge in [0.1, 0.15) is 0 Å². The first kappa shape index (κ1) is 8.25. The van der Waals surface area contributed by atoms with Crippen LogP contribution in [0.15, 0.2) is 14.3 Å². The van der Waals surface area contributed by atoms with Gasteiger partial charge in [0.25, 0.3) is 0 Å². The number of hydrogen-bond acceptors (Lipinski definition) is 1. The zero-order chi connectivity index (χ0) is 7.56. The molecule has 1 rings (SSSR count). The molecule has 0 amide bonds. The van der Waals surface area contributed by atoms with Gasteiger partial charge in [-0.05, 0) is 37.9 Å². The van der Waals surface area contributed by atoms with Gasteiger partial charge < -0.3 is 4.85 Å². The third-order valence-corrected chi connectivity index (χ3v) is 3.54. The molecular weight excluding hydrogens is 278 g/mol. The second kappa shape index (κ2) is 3.51. The quantitative estimate of drug-likeness (QED) is 0.691. The van der Waals surface area contributed by atoms with E-state index in [-0.39, 0.29) is 0 Å². The lowest BCUT2D eigenvalue weighted by atomic mass is 10.5. The summed E-state index contributed by atoms with van der Waals surface area (Å²) in [5.41, 5.74) is 0. The Bertz CT molecular complexity index is 274. The van der Waals surface area contributed by atoms with E-state index in [0.717, 1.165) is 13.1 Å². The molecule has 0 N–H and O–H groups in total. The van der Waals surface area contributed by atoms with Gasteiger partial charge in [-0.1, -0.05) is 0 Å². The first-order chi connectivity index (χ1) is 4.74. The molecule has 10 heavy (non-hydrogen) atoms. The van der Waals surface area contributed by atoms with Crippen LogP contribution in [0.5, 0.6) is 0 Å². The van der Waals surface area contributed by atoms with Gasteiger partial charge in [0, 0.05) is 4.47 Å². The van der Waals surface area contributed by atoms with Crippen molar-refractivity contribution >= 4 is 43.2 Å². The molecule has 0 aliphatic carbocycles. The van der Waals surface area contributed by atoms with Crippen molar-refractivity contribution in [2.75, 3.05) is 0 Å². The van der Waals surface area contributed by atoms with Crippen molar-refractivity contribution < 1.29 is 0 Å². The molecular formula is C6H3Br2NS. The molecule has 0 saturated carbocycles. The lowest BCUT2D eigenvalue weighted by molar-refractivity contribution is 1.32. The molecule has 1 heterocycles. The summed E-state index contributed by atoms with van der Waals surface area (Å²) < 4.78 is 2.10. The Balaban J connectivity index is 2.94. The van der Waals surface area contributed by atoms with Gasteiger partial charge in [-0.2, -0.15) is 0 Å². The predicted molar refractivity (Wildman–Crippen MR) is 50.0 cm³/mol. The highest BCUT2D eigenvalue weighted by molar-refractivity contribution is 9.11. The van der Waals surface area contributed by atoms with Gasteiger partial charge in [-0.15, -0.1) is 11.3 Å². The van der Waals surface area contributed by atoms with E-state index in [2.05, 4.69) is 36.7 Å². The molecule has 0 aromatic carbocycles. The van der Waals surface area contributed by atoms with Crippen molar-refractivity contribution in [3.05, 3.63) is 30.6 Å². The normalized spacial score (nSPS) is 9.30. The smallest absolute Gasteiger partial charge is 0.249 e. The largest absolute Gasteiger partial charge is 0.311 e. The summed E-state index contributed by atoms with van der Waals surface area (Å²) >= 11 is 8.29. The van der Waals surface area contributed by atoms with Gasteiger partial charge >= 0.3 is 0 Å². The maximum absolute atomic E-state index is 6.64. The van der Waals surface area contributed by atoms with Crippen LogP contribution in [0.4, 0.5) is 0 Å². The average molecular weight is 281 g/mol. The zero-order valence-electron chi connectivity index (χ0n) is 4.90. The van der Waals surface area contributed by atoms with Crippen LogP contribution in [0, 0.1) is 6.57 Å². The molecule has 1 nitrogen and oxygen atoms in total. The van der Waals surface area contributed by atoms with E-state index in [1.165, 1.54) is 0 Å². The molecule has 1 aromatic heterocycles. The van der Waals surface area contributed by atoms with Gasteiger partial charge in [0.15, 0.2) is 0 Å². The van der Waals surface area contributed by atoms with Crippen LogP contribution in [0.25, 0.3) is 4.85 Å². The Kier molecular flexibility index (Phi) is 2.90. The van der Waals surface area contributed by atoms with Crippen LogP contribution in [-0.4, -0.2) is 0 Å². The molecule has 0 aliphatic heterocycles. The van der Waals surface area contributed by atoms with Crippen LogP contribution in [0.2, 0.25) is 0 Å². The summed E-state index contributed by atoms with van der Waals surface area (Å²) in [4.78, 5) is 4.37. The second-order valence-electron chi connectivity index (χ2n) is 1.64. The highest BCUT2D eigenvalue weighted by atomic mass is 79.9. The molecule has 0 atom stereocenters. The van der Waals surface area contributed by atoms with Gasteiger partial charge in [0.2, 0.25) is 6.54 Å². The molecule has 1 aromatic rings. The van der Waals surface area contributed by atoms with Crippen LogP contribution in [0.3, 0.4) is 0 Å². The van der Waals surface area contributed by atoms with Crippen LogP contribution in [0.1, 0.15) is 4.88 Å². The van der Waals surface area contributed by atoms with E-state index < -0.39 is 0 Å². The standard InChI is InChI=1S/C6H3Br2NS/c1-9-3-5-4(7)2-6(8)10-5/h2H,3H2. The van der Waals surface area contributed by atoms with Crippen molar-refractivity contribution in [1.82, 2.24) is 0 Å². The van der Waals surface area contributed by atoms with E-state index in [4.69, 9.17) is 6.57 Å². The van der Waals surface area contributed by atoms with Gasteiger partial charge in [-0.25, -0.2) is 6.57 Å². The highest BCUT2D eigenvalue weighted by Gasteiger charge is 2.05. The van der Waals surface area contributed by atoms with Crippen molar-refractivity contribution in [3.63, 3.8) is 0 Å². The van der Waals surface area contributed by atoms with E-state index in [1.54, 1.807) is 11.3 Å². The van der Waals surface area contributed by atoms with Crippen molar-refractivity contribution in [3.8, 4) is 0 Å². The Morgan fingerprint density at radius 2 is 2.30 bits per heavy atom. The molecule has 52 valence electrons. The number of nitrogens with zero attached hydrogens (tertiary/aromatic N) is 1. The number of hydrogen-bond donors (Lipinski definition) is 0. The fourth-order valence-electron chi connectivity index (χ4n) is 0.556. The summed E-state index contributed by atoms with van der Waals surface area (Å²) in [5, 5.41) is 0. The number of rotatable bonds is 1. The maximum atomic E-state index is 6.64. The average Bonchev–Trinajstić information content (AvgIpc) is 2.13. The number of halogens is 2.